The fraction of sp³-hybridized carbons (Fsp3) is 0.444. The summed E-state index contributed by atoms with van der Waals surface area (Å²) in [7, 11) is 0. The van der Waals surface area contributed by atoms with Crippen LogP contribution < -0.4 is 5.56 Å². The van der Waals surface area contributed by atoms with Gasteiger partial charge >= 0.3 is 0 Å². The van der Waals surface area contributed by atoms with Crippen molar-refractivity contribution in [3.05, 3.63) is 46.4 Å². The van der Waals surface area contributed by atoms with Crippen LogP contribution in [0, 0.1) is 6.92 Å². The molecule has 0 amide bonds. The third kappa shape index (κ3) is 4.50. The van der Waals surface area contributed by atoms with Crippen molar-refractivity contribution < 1.29 is 9.15 Å². The topological polar surface area (TPSA) is 83.0 Å². The van der Waals surface area contributed by atoms with Gasteiger partial charge in [0.15, 0.2) is 5.16 Å². The van der Waals surface area contributed by atoms with Gasteiger partial charge in [0.2, 0.25) is 11.8 Å². The second kappa shape index (κ2) is 8.46. The zero-order chi connectivity index (χ0) is 18.5. The molecule has 0 spiro atoms. The highest BCUT2D eigenvalue weighted by Gasteiger charge is 2.13. The van der Waals surface area contributed by atoms with Gasteiger partial charge in [-0.15, -0.1) is 10.2 Å². The first kappa shape index (κ1) is 18.6. The number of thioether (sulfide) groups is 1. The number of benzene rings is 1. The van der Waals surface area contributed by atoms with Crippen molar-refractivity contribution >= 4 is 22.7 Å². The normalized spacial score (nSPS) is 11.5. The molecule has 0 fully saturated rings. The molecule has 1 aromatic carbocycles. The number of fused-ring (bicyclic) bond motifs is 1. The lowest BCUT2D eigenvalue weighted by Crippen LogP contribution is -2.24. The average molecular weight is 374 g/mol. The minimum atomic E-state index is -0.0376. The summed E-state index contributed by atoms with van der Waals surface area (Å²) >= 11 is 1.42. The van der Waals surface area contributed by atoms with Crippen molar-refractivity contribution in [3.63, 3.8) is 0 Å². The second-order valence-electron chi connectivity index (χ2n) is 6.14. The highest BCUT2D eigenvalue weighted by atomic mass is 32.2. The second-order valence-corrected chi connectivity index (χ2v) is 7.09. The molecule has 0 unspecified atom stereocenters. The summed E-state index contributed by atoms with van der Waals surface area (Å²) in [6, 6.07) is 7.39. The van der Waals surface area contributed by atoms with Gasteiger partial charge in [-0.2, -0.15) is 0 Å². The van der Waals surface area contributed by atoms with Gasteiger partial charge in [0.25, 0.3) is 5.56 Å². The molecule has 0 saturated carbocycles. The maximum Gasteiger partial charge on any atom is 0.262 e. The van der Waals surface area contributed by atoms with Crippen LogP contribution in [0.2, 0.25) is 0 Å². The van der Waals surface area contributed by atoms with Crippen LogP contribution in [0.3, 0.4) is 0 Å². The van der Waals surface area contributed by atoms with Crippen molar-refractivity contribution in [2.24, 2.45) is 0 Å². The summed E-state index contributed by atoms with van der Waals surface area (Å²) < 4.78 is 12.7. The van der Waals surface area contributed by atoms with Gasteiger partial charge in [0, 0.05) is 20.1 Å². The molecule has 26 heavy (non-hydrogen) atoms. The van der Waals surface area contributed by atoms with Gasteiger partial charge in [-0.25, -0.2) is 4.98 Å². The largest absolute Gasteiger partial charge is 0.425 e. The van der Waals surface area contributed by atoms with Crippen LogP contribution in [0.15, 0.2) is 38.6 Å². The van der Waals surface area contributed by atoms with Gasteiger partial charge < -0.3 is 9.15 Å². The zero-order valence-electron chi connectivity index (χ0n) is 15.1. The molecule has 0 aliphatic rings. The molecule has 0 N–H and O–H groups in total. The van der Waals surface area contributed by atoms with E-state index in [2.05, 4.69) is 15.2 Å². The number of para-hydroxylation sites is 1. The van der Waals surface area contributed by atoms with Gasteiger partial charge in [-0.1, -0.05) is 23.9 Å². The molecule has 3 rings (SSSR count). The van der Waals surface area contributed by atoms with Gasteiger partial charge in [0.05, 0.1) is 22.8 Å². The number of hydrogen-bond donors (Lipinski definition) is 0. The van der Waals surface area contributed by atoms with Gasteiger partial charge in [-0.05, 0) is 32.4 Å². The number of rotatable bonds is 8. The number of aromatic nitrogens is 4. The van der Waals surface area contributed by atoms with Crippen LogP contribution in [0.25, 0.3) is 10.9 Å². The Hall–Kier alpha value is -2.19. The average Bonchev–Trinajstić information content (AvgIpc) is 3.04. The molecule has 0 radical (unpaired) electrons. The van der Waals surface area contributed by atoms with Crippen LogP contribution in [-0.4, -0.2) is 32.5 Å². The molecule has 0 aliphatic heterocycles. The van der Waals surface area contributed by atoms with E-state index < -0.39 is 0 Å². The molecule has 138 valence electrons. The summed E-state index contributed by atoms with van der Waals surface area (Å²) in [6.45, 7) is 6.90. The Morgan fingerprint density at radius 2 is 2.08 bits per heavy atom. The quantitative estimate of drug-likeness (QED) is 0.340. The predicted octanol–water partition coefficient (Wildman–Crippen LogP) is 3.20. The number of hydrogen-bond acceptors (Lipinski definition) is 7. The van der Waals surface area contributed by atoms with Crippen LogP contribution >= 0.6 is 11.8 Å². The summed E-state index contributed by atoms with van der Waals surface area (Å²) in [5, 5.41) is 9.10. The van der Waals surface area contributed by atoms with E-state index in [4.69, 9.17) is 9.15 Å². The van der Waals surface area contributed by atoms with E-state index in [1.165, 1.54) is 11.8 Å². The van der Waals surface area contributed by atoms with E-state index in [9.17, 15) is 4.79 Å². The van der Waals surface area contributed by atoms with Gasteiger partial charge in [-0.3, -0.25) is 9.36 Å². The van der Waals surface area contributed by atoms with Crippen molar-refractivity contribution in [2.75, 3.05) is 6.61 Å². The van der Waals surface area contributed by atoms with E-state index in [0.717, 1.165) is 6.42 Å². The lowest BCUT2D eigenvalue weighted by atomic mass is 10.2. The summed E-state index contributed by atoms with van der Waals surface area (Å²) in [5.74, 6) is 1.51. The lowest BCUT2D eigenvalue weighted by Gasteiger charge is -2.13. The maximum atomic E-state index is 12.9. The Bertz CT molecular complexity index is 936. The first-order valence-corrected chi connectivity index (χ1v) is 9.56. The Morgan fingerprint density at radius 3 is 2.81 bits per heavy atom. The molecule has 7 nitrogen and oxygen atoms in total. The van der Waals surface area contributed by atoms with Crippen molar-refractivity contribution in [1.82, 2.24) is 19.7 Å². The summed E-state index contributed by atoms with van der Waals surface area (Å²) in [4.78, 5) is 17.6. The number of aryl methyl sites for hydroxylation is 1. The molecular formula is C18H22N4O3S. The third-order valence-corrected chi connectivity index (χ3v) is 4.66. The van der Waals surface area contributed by atoms with E-state index in [0.29, 0.717) is 46.7 Å². The number of ether oxygens (including phenoxy) is 1. The molecule has 2 aromatic heterocycles. The Balaban J connectivity index is 1.85. The lowest BCUT2D eigenvalue weighted by molar-refractivity contribution is 0.0743. The van der Waals surface area contributed by atoms with Crippen LogP contribution in [0.5, 0.6) is 0 Å². The SMILES string of the molecule is Cc1nnc(CSc2nc3ccccc3c(=O)n2CCCOC(C)C)o1. The molecule has 0 bridgehead atoms. The molecular weight excluding hydrogens is 352 g/mol. The minimum Gasteiger partial charge on any atom is -0.425 e. The Kier molecular flexibility index (Phi) is 6.05. The van der Waals surface area contributed by atoms with E-state index >= 15 is 0 Å². The maximum absolute atomic E-state index is 12.9. The predicted molar refractivity (Wildman–Crippen MR) is 100 cm³/mol. The van der Waals surface area contributed by atoms with E-state index in [1.807, 2.05) is 38.1 Å². The van der Waals surface area contributed by atoms with Crippen LogP contribution in [-0.2, 0) is 17.0 Å². The van der Waals surface area contributed by atoms with Gasteiger partial charge in [0.1, 0.15) is 0 Å². The molecule has 0 aliphatic carbocycles. The molecule has 8 heteroatoms. The van der Waals surface area contributed by atoms with E-state index in [1.54, 1.807) is 11.5 Å². The molecule has 3 aromatic rings. The first-order valence-electron chi connectivity index (χ1n) is 8.57. The Morgan fingerprint density at radius 1 is 1.27 bits per heavy atom. The number of nitrogens with zero attached hydrogens (tertiary/aromatic N) is 4. The van der Waals surface area contributed by atoms with Crippen LogP contribution in [0.4, 0.5) is 0 Å². The fourth-order valence-corrected chi connectivity index (χ4v) is 3.38. The van der Waals surface area contributed by atoms with Crippen molar-refractivity contribution in [1.29, 1.82) is 0 Å². The highest BCUT2D eigenvalue weighted by molar-refractivity contribution is 7.98. The third-order valence-electron chi connectivity index (χ3n) is 3.70. The molecule has 0 atom stereocenters. The zero-order valence-corrected chi connectivity index (χ0v) is 16.0. The first-order chi connectivity index (χ1) is 12.5. The highest BCUT2D eigenvalue weighted by Crippen LogP contribution is 2.22. The smallest absolute Gasteiger partial charge is 0.262 e. The monoisotopic (exact) mass is 374 g/mol. The molecule has 0 saturated heterocycles. The molecule has 2 heterocycles. The van der Waals surface area contributed by atoms with E-state index in [-0.39, 0.29) is 11.7 Å². The Labute approximate surface area is 155 Å². The minimum absolute atomic E-state index is 0.0376. The van der Waals surface area contributed by atoms with Crippen LogP contribution in [0.1, 0.15) is 32.0 Å². The summed E-state index contributed by atoms with van der Waals surface area (Å²) in [5.41, 5.74) is 0.653. The van der Waals surface area contributed by atoms with Crippen molar-refractivity contribution in [2.45, 2.75) is 50.8 Å². The fourth-order valence-electron chi connectivity index (χ4n) is 2.52. The van der Waals surface area contributed by atoms with Crippen molar-refractivity contribution in [3.8, 4) is 0 Å². The standard InChI is InChI=1S/C18H22N4O3S/c1-12(2)24-10-6-9-22-17(23)14-7-4-5-8-15(14)19-18(22)26-11-16-21-20-13(3)25-16/h4-5,7-8,12H,6,9-11H2,1-3H3. The summed E-state index contributed by atoms with van der Waals surface area (Å²) in [6.07, 6.45) is 0.918.